The Balaban J connectivity index is 2.34. The van der Waals surface area contributed by atoms with Gasteiger partial charge in [-0.05, 0) is 23.3 Å². The minimum absolute atomic E-state index is 0.0313. The van der Waals surface area contributed by atoms with Crippen LogP contribution in [0.5, 0.6) is 0 Å². The van der Waals surface area contributed by atoms with Crippen LogP contribution in [0.4, 0.5) is 0 Å². The number of rotatable bonds is 4. The predicted molar refractivity (Wildman–Crippen MR) is 78.4 cm³/mol. The molecule has 0 spiro atoms. The first-order chi connectivity index (χ1) is 9.20. The number of carbonyl (C=O) groups is 1. The Kier molecular flexibility index (Phi) is 4.58. The Hall–Kier alpha value is -1.80. The zero-order valence-corrected chi connectivity index (χ0v) is 11.5. The van der Waals surface area contributed by atoms with Crippen molar-refractivity contribution in [3.63, 3.8) is 0 Å². The van der Waals surface area contributed by atoms with Crippen LogP contribution in [0.25, 0.3) is 0 Å². The van der Waals surface area contributed by atoms with Crippen molar-refractivity contribution in [1.29, 1.82) is 0 Å². The van der Waals surface area contributed by atoms with Crippen LogP contribution in [0.2, 0.25) is 5.02 Å². The molecular formula is C16H16ClNO. The molecule has 1 amide bonds. The van der Waals surface area contributed by atoms with E-state index in [-0.39, 0.29) is 11.8 Å². The molecule has 0 aromatic heterocycles. The normalized spacial score (nSPS) is 11.9. The second-order valence-electron chi connectivity index (χ2n) is 4.39. The highest BCUT2D eigenvalue weighted by molar-refractivity contribution is 6.30. The molecule has 1 N–H and O–H groups in total. The summed E-state index contributed by atoms with van der Waals surface area (Å²) in [5.74, 6) is 0.0854. The van der Waals surface area contributed by atoms with Crippen LogP contribution >= 0.6 is 11.6 Å². The van der Waals surface area contributed by atoms with Crippen LogP contribution in [0.1, 0.15) is 23.5 Å². The lowest BCUT2D eigenvalue weighted by Gasteiger charge is -2.17. The number of nitrogens with one attached hydrogen (secondary N) is 1. The summed E-state index contributed by atoms with van der Waals surface area (Å²) < 4.78 is 0. The third-order valence-corrected chi connectivity index (χ3v) is 3.39. The minimum Gasteiger partial charge on any atom is -0.359 e. The molecule has 0 aliphatic rings. The fourth-order valence-corrected chi connectivity index (χ4v) is 2.22. The van der Waals surface area contributed by atoms with E-state index in [1.54, 1.807) is 7.05 Å². The van der Waals surface area contributed by atoms with Crippen LogP contribution in [-0.4, -0.2) is 13.0 Å². The smallest absolute Gasteiger partial charge is 0.220 e. The molecule has 1 unspecified atom stereocenters. The summed E-state index contributed by atoms with van der Waals surface area (Å²) in [5, 5.41) is 3.39. The maximum atomic E-state index is 11.7. The molecule has 3 heteroatoms. The Morgan fingerprint density at radius 2 is 1.63 bits per heavy atom. The lowest BCUT2D eigenvalue weighted by molar-refractivity contribution is -0.120. The van der Waals surface area contributed by atoms with Gasteiger partial charge in [0.15, 0.2) is 0 Å². The highest BCUT2D eigenvalue weighted by atomic mass is 35.5. The Labute approximate surface area is 118 Å². The summed E-state index contributed by atoms with van der Waals surface area (Å²) in [7, 11) is 1.66. The van der Waals surface area contributed by atoms with Crippen molar-refractivity contribution in [2.75, 3.05) is 7.05 Å². The predicted octanol–water partition coefficient (Wildman–Crippen LogP) is 3.61. The van der Waals surface area contributed by atoms with E-state index in [2.05, 4.69) is 5.32 Å². The van der Waals surface area contributed by atoms with Crippen molar-refractivity contribution in [1.82, 2.24) is 5.32 Å². The van der Waals surface area contributed by atoms with Gasteiger partial charge in [-0.25, -0.2) is 0 Å². The second kappa shape index (κ2) is 6.39. The van der Waals surface area contributed by atoms with E-state index in [9.17, 15) is 4.79 Å². The average molecular weight is 274 g/mol. The number of hydrogen-bond donors (Lipinski definition) is 1. The SMILES string of the molecule is CNC(=O)CC(c1ccccc1)c1ccc(Cl)cc1. The number of hydrogen-bond acceptors (Lipinski definition) is 1. The van der Waals surface area contributed by atoms with Gasteiger partial charge in [-0.2, -0.15) is 0 Å². The summed E-state index contributed by atoms with van der Waals surface area (Å²) in [4.78, 5) is 11.7. The van der Waals surface area contributed by atoms with Crippen molar-refractivity contribution < 1.29 is 4.79 Å². The molecule has 0 fully saturated rings. The lowest BCUT2D eigenvalue weighted by Crippen LogP contribution is -2.21. The Bertz CT molecular complexity index is 536. The zero-order chi connectivity index (χ0) is 13.7. The molecule has 2 aromatic rings. The van der Waals surface area contributed by atoms with Gasteiger partial charge in [-0.1, -0.05) is 54.1 Å². The van der Waals surface area contributed by atoms with Gasteiger partial charge in [-0.15, -0.1) is 0 Å². The van der Waals surface area contributed by atoms with Gasteiger partial charge in [0.1, 0.15) is 0 Å². The van der Waals surface area contributed by atoms with Gasteiger partial charge in [-0.3, -0.25) is 4.79 Å². The molecule has 2 rings (SSSR count). The molecule has 2 nitrogen and oxygen atoms in total. The molecular weight excluding hydrogens is 258 g/mol. The number of benzene rings is 2. The molecule has 19 heavy (non-hydrogen) atoms. The zero-order valence-electron chi connectivity index (χ0n) is 10.8. The van der Waals surface area contributed by atoms with Crippen molar-refractivity contribution in [2.24, 2.45) is 0 Å². The van der Waals surface area contributed by atoms with Crippen LogP contribution < -0.4 is 5.32 Å². The maximum absolute atomic E-state index is 11.7. The van der Waals surface area contributed by atoms with Gasteiger partial charge in [0.25, 0.3) is 0 Å². The van der Waals surface area contributed by atoms with E-state index >= 15 is 0 Å². The molecule has 2 aromatic carbocycles. The molecule has 0 saturated carbocycles. The minimum atomic E-state index is 0.0313. The van der Waals surface area contributed by atoms with E-state index in [0.717, 1.165) is 11.1 Å². The van der Waals surface area contributed by atoms with E-state index in [0.29, 0.717) is 11.4 Å². The van der Waals surface area contributed by atoms with E-state index in [1.807, 2.05) is 54.6 Å². The Morgan fingerprint density at radius 3 is 2.21 bits per heavy atom. The van der Waals surface area contributed by atoms with Gasteiger partial charge in [0, 0.05) is 24.4 Å². The van der Waals surface area contributed by atoms with Crippen LogP contribution in [0, 0.1) is 0 Å². The quantitative estimate of drug-likeness (QED) is 0.906. The summed E-state index contributed by atoms with van der Waals surface area (Å²) in [6, 6.07) is 17.7. The highest BCUT2D eigenvalue weighted by Gasteiger charge is 2.17. The largest absolute Gasteiger partial charge is 0.359 e. The van der Waals surface area contributed by atoms with E-state index in [4.69, 9.17) is 11.6 Å². The third kappa shape index (κ3) is 3.58. The first-order valence-corrected chi connectivity index (χ1v) is 6.59. The molecule has 0 heterocycles. The summed E-state index contributed by atoms with van der Waals surface area (Å²) in [6.07, 6.45) is 0.433. The first-order valence-electron chi connectivity index (χ1n) is 6.21. The molecule has 1 atom stereocenters. The topological polar surface area (TPSA) is 29.1 Å². The molecule has 98 valence electrons. The third-order valence-electron chi connectivity index (χ3n) is 3.14. The molecule has 0 saturated heterocycles. The molecule has 0 aliphatic heterocycles. The Morgan fingerprint density at radius 1 is 1.05 bits per heavy atom. The fourth-order valence-electron chi connectivity index (χ4n) is 2.10. The van der Waals surface area contributed by atoms with Gasteiger partial charge in [0.05, 0.1) is 0 Å². The number of amides is 1. The second-order valence-corrected chi connectivity index (χ2v) is 4.83. The molecule has 0 bridgehead atoms. The summed E-state index contributed by atoms with van der Waals surface area (Å²) >= 11 is 5.92. The van der Waals surface area contributed by atoms with E-state index in [1.165, 1.54) is 0 Å². The van der Waals surface area contributed by atoms with Crippen LogP contribution in [-0.2, 0) is 4.79 Å². The average Bonchev–Trinajstić information content (AvgIpc) is 2.46. The van der Waals surface area contributed by atoms with Gasteiger partial charge in [0.2, 0.25) is 5.91 Å². The maximum Gasteiger partial charge on any atom is 0.220 e. The monoisotopic (exact) mass is 273 g/mol. The standard InChI is InChI=1S/C16H16ClNO/c1-18-16(19)11-15(12-5-3-2-4-6-12)13-7-9-14(17)10-8-13/h2-10,15H,11H2,1H3,(H,18,19). The molecule has 0 aliphatic carbocycles. The van der Waals surface area contributed by atoms with Crippen LogP contribution in [0.3, 0.4) is 0 Å². The summed E-state index contributed by atoms with van der Waals surface area (Å²) in [5.41, 5.74) is 2.23. The van der Waals surface area contributed by atoms with Crippen molar-refractivity contribution in [2.45, 2.75) is 12.3 Å². The number of carbonyl (C=O) groups excluding carboxylic acids is 1. The first kappa shape index (κ1) is 13.6. The van der Waals surface area contributed by atoms with Gasteiger partial charge < -0.3 is 5.32 Å². The molecule has 0 radical (unpaired) electrons. The number of halogens is 1. The summed E-state index contributed by atoms with van der Waals surface area (Å²) in [6.45, 7) is 0. The van der Waals surface area contributed by atoms with Crippen molar-refractivity contribution in [3.05, 3.63) is 70.7 Å². The lowest BCUT2D eigenvalue weighted by atomic mass is 9.88. The highest BCUT2D eigenvalue weighted by Crippen LogP contribution is 2.28. The van der Waals surface area contributed by atoms with E-state index < -0.39 is 0 Å². The van der Waals surface area contributed by atoms with Crippen molar-refractivity contribution >= 4 is 17.5 Å². The van der Waals surface area contributed by atoms with Crippen LogP contribution in [0.15, 0.2) is 54.6 Å². The fraction of sp³-hybridized carbons (Fsp3) is 0.188. The van der Waals surface area contributed by atoms with Crippen molar-refractivity contribution in [3.8, 4) is 0 Å². The van der Waals surface area contributed by atoms with Gasteiger partial charge >= 0.3 is 0 Å².